The number of carbonyl (C=O) groups is 2. The molecule has 0 radical (unpaired) electrons. The van der Waals surface area contributed by atoms with Crippen molar-refractivity contribution in [2.24, 2.45) is 11.8 Å². The molecule has 2 heterocycles. The molecule has 2 aromatic rings. The highest BCUT2D eigenvalue weighted by Crippen LogP contribution is 2.65. The summed E-state index contributed by atoms with van der Waals surface area (Å²) in [6.45, 7) is 3.53. The first-order chi connectivity index (χ1) is 17.8. The molecule has 1 amide bonds. The highest BCUT2D eigenvalue weighted by atomic mass is 16.5. The van der Waals surface area contributed by atoms with Crippen molar-refractivity contribution in [3.8, 4) is 11.5 Å². The lowest BCUT2D eigenvalue weighted by atomic mass is 9.48. The lowest BCUT2D eigenvalue weighted by molar-refractivity contribution is -0.192. The van der Waals surface area contributed by atoms with E-state index in [4.69, 9.17) is 4.74 Å². The van der Waals surface area contributed by atoms with Crippen LogP contribution < -0.4 is 10.1 Å². The van der Waals surface area contributed by atoms with Crippen molar-refractivity contribution in [3.05, 3.63) is 59.2 Å². The topological polar surface area (TPSA) is 99.1 Å². The van der Waals surface area contributed by atoms with Crippen molar-refractivity contribution in [1.29, 1.82) is 0 Å². The molecule has 7 rings (SSSR count). The second-order valence-corrected chi connectivity index (χ2v) is 11.9. The van der Waals surface area contributed by atoms with Gasteiger partial charge in [-0.25, -0.2) is 0 Å². The van der Waals surface area contributed by atoms with Gasteiger partial charge in [-0.1, -0.05) is 36.4 Å². The van der Waals surface area contributed by atoms with E-state index in [1.807, 2.05) is 12.1 Å². The minimum Gasteiger partial charge on any atom is -0.504 e. The fourth-order valence-corrected chi connectivity index (χ4v) is 7.91. The van der Waals surface area contributed by atoms with E-state index >= 15 is 0 Å². The minimum absolute atomic E-state index is 0.00817. The van der Waals surface area contributed by atoms with E-state index in [0.29, 0.717) is 30.6 Å². The van der Waals surface area contributed by atoms with Gasteiger partial charge in [0.25, 0.3) is 0 Å². The molecule has 6 atom stereocenters. The van der Waals surface area contributed by atoms with Crippen LogP contribution in [0.15, 0.2) is 42.5 Å². The number of likely N-dealkylation sites (tertiary alicyclic amines) is 1. The summed E-state index contributed by atoms with van der Waals surface area (Å²) in [6.07, 6.45) is 4.58. The number of amides is 1. The Morgan fingerprint density at radius 2 is 1.92 bits per heavy atom. The summed E-state index contributed by atoms with van der Waals surface area (Å²) in [5, 5.41) is 26.4. The van der Waals surface area contributed by atoms with Crippen molar-refractivity contribution in [2.45, 2.75) is 74.7 Å². The van der Waals surface area contributed by atoms with Crippen LogP contribution in [0.25, 0.3) is 0 Å². The first-order valence-electron chi connectivity index (χ1n) is 13.7. The Kier molecular flexibility index (Phi) is 5.05. The Morgan fingerprint density at radius 3 is 2.68 bits per heavy atom. The fourth-order valence-electron chi connectivity index (χ4n) is 7.91. The van der Waals surface area contributed by atoms with Gasteiger partial charge in [-0.05, 0) is 69.5 Å². The van der Waals surface area contributed by atoms with Crippen molar-refractivity contribution < 1.29 is 24.5 Å². The number of hydrogen-bond donors (Lipinski definition) is 3. The zero-order valence-corrected chi connectivity index (χ0v) is 21.2. The number of phenolic OH excluding ortho intramolecular Hbond substituents is 1. The van der Waals surface area contributed by atoms with E-state index in [1.54, 1.807) is 37.3 Å². The summed E-state index contributed by atoms with van der Waals surface area (Å²) in [7, 11) is 0. The Hall–Kier alpha value is -2.90. The maximum atomic E-state index is 13.3. The molecular weight excluding hydrogens is 468 g/mol. The quantitative estimate of drug-likeness (QED) is 0.415. The average Bonchev–Trinajstić information content (AvgIpc) is 3.65. The number of ether oxygens (including phenoxy) is 1. The van der Waals surface area contributed by atoms with Gasteiger partial charge >= 0.3 is 0 Å². The molecule has 1 saturated heterocycles. The van der Waals surface area contributed by atoms with Gasteiger partial charge in [-0.3, -0.25) is 14.5 Å². The third-order valence-corrected chi connectivity index (χ3v) is 9.94. The monoisotopic (exact) mass is 502 g/mol. The lowest BCUT2D eigenvalue weighted by Gasteiger charge is -2.64. The molecule has 3 fully saturated rings. The molecule has 2 aliphatic heterocycles. The first-order valence-corrected chi connectivity index (χ1v) is 13.7. The molecule has 2 aromatic carbocycles. The Balaban J connectivity index is 1.22. The van der Waals surface area contributed by atoms with Crippen LogP contribution in [0.4, 0.5) is 0 Å². The van der Waals surface area contributed by atoms with Crippen LogP contribution in [-0.2, 0) is 16.6 Å². The number of ketones is 1. The van der Waals surface area contributed by atoms with Crippen LogP contribution in [0, 0.1) is 11.8 Å². The smallest absolute Gasteiger partial charge is 0.231 e. The van der Waals surface area contributed by atoms with Crippen LogP contribution in [-0.4, -0.2) is 63.7 Å². The van der Waals surface area contributed by atoms with Gasteiger partial charge in [-0.15, -0.1) is 0 Å². The Labute approximate surface area is 216 Å². The number of phenols is 1. The van der Waals surface area contributed by atoms with Crippen LogP contribution in [0.5, 0.6) is 11.5 Å². The van der Waals surface area contributed by atoms with Gasteiger partial charge in [0, 0.05) is 23.7 Å². The summed E-state index contributed by atoms with van der Waals surface area (Å²) in [4.78, 5) is 28.8. The molecule has 3 unspecified atom stereocenters. The van der Waals surface area contributed by atoms with Crippen LogP contribution in [0.3, 0.4) is 0 Å². The van der Waals surface area contributed by atoms with Crippen LogP contribution >= 0.6 is 0 Å². The molecule has 0 aromatic heterocycles. The molecular formula is C30H34N2O5. The fraction of sp³-hybridized carbons (Fsp3) is 0.533. The number of rotatable bonds is 6. The number of aromatic hydroxyl groups is 1. The molecule has 2 bridgehead atoms. The van der Waals surface area contributed by atoms with E-state index in [9.17, 15) is 19.8 Å². The van der Waals surface area contributed by atoms with Crippen molar-refractivity contribution in [3.63, 3.8) is 0 Å². The van der Waals surface area contributed by atoms with Crippen molar-refractivity contribution >= 4 is 11.7 Å². The molecule has 1 spiro atoms. The zero-order chi connectivity index (χ0) is 25.5. The maximum absolute atomic E-state index is 13.3. The normalized spacial score (nSPS) is 34.3. The number of piperidine rings is 1. The number of aliphatic hydroxyl groups is 1. The summed E-state index contributed by atoms with van der Waals surface area (Å²) in [6, 6.07) is 12.2. The summed E-state index contributed by atoms with van der Waals surface area (Å²) in [5.74, 6) is -0.114. The van der Waals surface area contributed by atoms with Crippen LogP contribution in [0.1, 0.15) is 60.5 Å². The number of Topliss-reactive ketones (excluding diaryl/α,β-unsaturated/α-hetero) is 1. The third kappa shape index (κ3) is 3.20. The summed E-state index contributed by atoms with van der Waals surface area (Å²) in [5.41, 5.74) is 0.893. The third-order valence-electron chi connectivity index (χ3n) is 9.94. The molecule has 194 valence electrons. The molecule has 37 heavy (non-hydrogen) atoms. The average molecular weight is 503 g/mol. The van der Waals surface area contributed by atoms with Gasteiger partial charge in [0.2, 0.25) is 5.91 Å². The van der Waals surface area contributed by atoms with E-state index in [1.165, 1.54) is 12.8 Å². The first kappa shape index (κ1) is 23.2. The van der Waals surface area contributed by atoms with E-state index in [0.717, 1.165) is 36.6 Å². The predicted molar refractivity (Wildman–Crippen MR) is 137 cm³/mol. The van der Waals surface area contributed by atoms with Gasteiger partial charge in [0.15, 0.2) is 17.3 Å². The summed E-state index contributed by atoms with van der Waals surface area (Å²) >= 11 is 0. The number of nitrogens with zero attached hydrogens (tertiary/aromatic N) is 1. The highest BCUT2D eigenvalue weighted by Gasteiger charge is 2.73. The molecule has 3 aliphatic carbocycles. The van der Waals surface area contributed by atoms with E-state index in [-0.39, 0.29) is 29.5 Å². The number of benzene rings is 2. The number of carbonyl (C=O) groups excluding carboxylic acids is 2. The Morgan fingerprint density at radius 1 is 1.14 bits per heavy atom. The molecule has 7 heteroatoms. The summed E-state index contributed by atoms with van der Waals surface area (Å²) < 4.78 is 6.51. The Bertz CT molecular complexity index is 1280. The second kappa shape index (κ2) is 8.05. The van der Waals surface area contributed by atoms with Gasteiger partial charge in [0.05, 0.1) is 23.0 Å². The standard InChI is InChI=1S/C30H34N2O5/c1-17(25(34)19-5-3-2-4-6-19)28(35)31-21-11-12-30(36)23-15-20-9-10-22(33)26-24(20)29(30,27(21)37-26)13-14-32(23)16-18-7-8-18/h2-6,9-10,17-18,21,23,27,33,36H,7-8,11-16H2,1H3,(H,31,35)/t17?,21?,23-,27?,29+,30-/m1/s1. The van der Waals surface area contributed by atoms with Crippen molar-refractivity contribution in [1.82, 2.24) is 10.2 Å². The number of hydrogen-bond acceptors (Lipinski definition) is 6. The minimum atomic E-state index is -0.996. The van der Waals surface area contributed by atoms with Gasteiger partial charge < -0.3 is 20.3 Å². The van der Waals surface area contributed by atoms with E-state index in [2.05, 4.69) is 10.2 Å². The van der Waals surface area contributed by atoms with Gasteiger partial charge in [0.1, 0.15) is 6.10 Å². The van der Waals surface area contributed by atoms with Crippen molar-refractivity contribution in [2.75, 3.05) is 13.1 Å². The highest BCUT2D eigenvalue weighted by molar-refractivity contribution is 6.09. The molecule has 7 nitrogen and oxygen atoms in total. The maximum Gasteiger partial charge on any atom is 0.231 e. The predicted octanol–water partition coefficient (Wildman–Crippen LogP) is 2.96. The number of nitrogens with one attached hydrogen (secondary N) is 1. The van der Waals surface area contributed by atoms with Crippen LogP contribution in [0.2, 0.25) is 0 Å². The SMILES string of the molecule is CC(C(=O)NC1CC[C@@]2(O)[C@H]3Cc4ccc(O)c5c4[C@@]2(CCN3CC2CC2)C1O5)C(=O)c1ccccc1. The molecule has 5 aliphatic rings. The zero-order valence-electron chi connectivity index (χ0n) is 21.2. The second-order valence-electron chi connectivity index (χ2n) is 11.9. The lowest BCUT2D eigenvalue weighted by Crippen LogP contribution is -2.78. The molecule has 3 N–H and O–H groups in total. The van der Waals surface area contributed by atoms with E-state index < -0.39 is 23.0 Å². The van der Waals surface area contributed by atoms with Gasteiger partial charge in [-0.2, -0.15) is 0 Å². The largest absolute Gasteiger partial charge is 0.504 e. The molecule has 2 saturated carbocycles.